The van der Waals surface area contributed by atoms with Crippen LogP contribution in [0.4, 0.5) is 0 Å². The van der Waals surface area contributed by atoms with E-state index >= 15 is 0 Å². The molecule has 1 aliphatic rings. The first-order valence-corrected chi connectivity index (χ1v) is 9.10. The predicted molar refractivity (Wildman–Crippen MR) is 101 cm³/mol. The summed E-state index contributed by atoms with van der Waals surface area (Å²) in [6, 6.07) is 11.6. The number of likely N-dealkylation sites (tertiary alicyclic amines) is 1. The van der Waals surface area contributed by atoms with E-state index in [1.807, 2.05) is 42.2 Å². The van der Waals surface area contributed by atoms with Crippen LogP contribution in [-0.4, -0.2) is 34.0 Å². The Bertz CT molecular complexity index is 918. The molecule has 1 amide bonds. The quantitative estimate of drug-likeness (QED) is 0.654. The molecule has 1 saturated heterocycles. The Morgan fingerprint density at radius 3 is 2.67 bits per heavy atom. The fourth-order valence-electron chi connectivity index (χ4n) is 3.22. The molecule has 6 heteroatoms. The summed E-state index contributed by atoms with van der Waals surface area (Å²) in [6.45, 7) is 3.41. The molecule has 4 rings (SSSR count). The van der Waals surface area contributed by atoms with Gasteiger partial charge in [-0.2, -0.15) is 4.98 Å². The second-order valence-electron chi connectivity index (χ2n) is 6.77. The summed E-state index contributed by atoms with van der Waals surface area (Å²) in [5.74, 6) is 2.16. The van der Waals surface area contributed by atoms with Gasteiger partial charge in [-0.3, -0.25) is 4.79 Å². The van der Waals surface area contributed by atoms with Crippen LogP contribution in [0.25, 0.3) is 17.5 Å². The maximum atomic E-state index is 12.3. The van der Waals surface area contributed by atoms with E-state index in [4.69, 9.17) is 8.94 Å². The van der Waals surface area contributed by atoms with E-state index in [0.29, 0.717) is 24.7 Å². The molecule has 6 nitrogen and oxygen atoms in total. The van der Waals surface area contributed by atoms with Crippen LogP contribution >= 0.6 is 0 Å². The van der Waals surface area contributed by atoms with Crippen LogP contribution in [0.15, 0.2) is 57.7 Å². The van der Waals surface area contributed by atoms with E-state index in [0.717, 1.165) is 24.2 Å². The minimum absolute atomic E-state index is 0.00157. The Kier molecular flexibility index (Phi) is 4.87. The first-order valence-electron chi connectivity index (χ1n) is 9.10. The highest BCUT2D eigenvalue weighted by Crippen LogP contribution is 2.28. The standard InChI is InChI=1S/C21H21N3O3/c1-15-4-6-17(7-5-15)21-22-20(23-27-21)16-10-12-24(13-11-16)19(25)9-8-18-3-2-14-26-18/h2-9,14,16H,10-13H2,1H3/b9-8+. The minimum Gasteiger partial charge on any atom is -0.465 e. The molecular formula is C21H21N3O3. The lowest BCUT2D eigenvalue weighted by molar-refractivity contribution is -0.127. The van der Waals surface area contributed by atoms with Gasteiger partial charge in [0.25, 0.3) is 5.89 Å². The van der Waals surface area contributed by atoms with Crippen LogP contribution in [0.3, 0.4) is 0 Å². The number of carbonyl (C=O) groups excluding carboxylic acids is 1. The molecule has 0 N–H and O–H groups in total. The number of nitrogens with zero attached hydrogens (tertiary/aromatic N) is 3. The molecule has 2 aromatic heterocycles. The van der Waals surface area contributed by atoms with Gasteiger partial charge in [0, 0.05) is 30.6 Å². The van der Waals surface area contributed by atoms with Gasteiger partial charge >= 0.3 is 0 Å². The van der Waals surface area contributed by atoms with Gasteiger partial charge in [0.05, 0.1) is 6.26 Å². The topological polar surface area (TPSA) is 72.4 Å². The summed E-state index contributed by atoms with van der Waals surface area (Å²) in [7, 11) is 0. The van der Waals surface area contributed by atoms with Gasteiger partial charge in [-0.15, -0.1) is 0 Å². The number of piperidine rings is 1. The lowest BCUT2D eigenvalue weighted by Crippen LogP contribution is -2.37. The van der Waals surface area contributed by atoms with Crippen molar-refractivity contribution >= 4 is 12.0 Å². The van der Waals surface area contributed by atoms with Crippen molar-refractivity contribution in [3.63, 3.8) is 0 Å². The van der Waals surface area contributed by atoms with Crippen molar-refractivity contribution in [1.29, 1.82) is 0 Å². The first-order chi connectivity index (χ1) is 13.2. The molecule has 0 spiro atoms. The van der Waals surface area contributed by atoms with E-state index in [2.05, 4.69) is 10.1 Å². The minimum atomic E-state index is -0.00157. The molecule has 1 aliphatic heterocycles. The molecule has 0 saturated carbocycles. The van der Waals surface area contributed by atoms with Crippen molar-refractivity contribution in [2.75, 3.05) is 13.1 Å². The smallest absolute Gasteiger partial charge is 0.257 e. The SMILES string of the molecule is Cc1ccc(-c2nc(C3CCN(C(=O)/C=C/c4ccco4)CC3)no2)cc1. The third kappa shape index (κ3) is 4.00. The van der Waals surface area contributed by atoms with Crippen molar-refractivity contribution < 1.29 is 13.7 Å². The highest BCUT2D eigenvalue weighted by Gasteiger charge is 2.26. The lowest BCUT2D eigenvalue weighted by Gasteiger charge is -2.29. The second-order valence-corrected chi connectivity index (χ2v) is 6.77. The van der Waals surface area contributed by atoms with Crippen molar-refractivity contribution in [3.05, 3.63) is 65.9 Å². The Hall–Kier alpha value is -3.15. The summed E-state index contributed by atoms with van der Waals surface area (Å²) >= 11 is 0. The summed E-state index contributed by atoms with van der Waals surface area (Å²) < 4.78 is 10.6. The van der Waals surface area contributed by atoms with Crippen molar-refractivity contribution in [2.24, 2.45) is 0 Å². The van der Waals surface area contributed by atoms with Gasteiger partial charge < -0.3 is 13.8 Å². The first kappa shape index (κ1) is 17.3. The van der Waals surface area contributed by atoms with Crippen LogP contribution in [-0.2, 0) is 4.79 Å². The largest absolute Gasteiger partial charge is 0.465 e. The normalized spacial score (nSPS) is 15.5. The molecule has 0 bridgehead atoms. The van der Waals surface area contributed by atoms with Gasteiger partial charge in [-0.25, -0.2) is 0 Å². The predicted octanol–water partition coefficient (Wildman–Crippen LogP) is 4.06. The molecule has 1 fully saturated rings. The maximum Gasteiger partial charge on any atom is 0.257 e. The van der Waals surface area contributed by atoms with Crippen LogP contribution in [0.5, 0.6) is 0 Å². The molecule has 3 aromatic rings. The van der Waals surface area contributed by atoms with E-state index in [-0.39, 0.29) is 11.8 Å². The van der Waals surface area contributed by atoms with E-state index in [1.165, 1.54) is 5.56 Å². The highest BCUT2D eigenvalue weighted by molar-refractivity contribution is 5.91. The number of hydrogen-bond acceptors (Lipinski definition) is 5. The monoisotopic (exact) mass is 363 g/mol. The van der Waals surface area contributed by atoms with E-state index < -0.39 is 0 Å². The number of furan rings is 1. The number of rotatable bonds is 4. The van der Waals surface area contributed by atoms with Gasteiger partial charge in [0.15, 0.2) is 5.82 Å². The van der Waals surface area contributed by atoms with E-state index in [9.17, 15) is 4.79 Å². The lowest BCUT2D eigenvalue weighted by atomic mass is 9.96. The van der Waals surface area contributed by atoms with Gasteiger partial charge in [0.2, 0.25) is 5.91 Å². The molecule has 138 valence electrons. The zero-order valence-corrected chi connectivity index (χ0v) is 15.2. The number of aromatic nitrogens is 2. The molecular weight excluding hydrogens is 342 g/mol. The number of amides is 1. The Labute approximate surface area is 157 Å². The van der Waals surface area contributed by atoms with Crippen LogP contribution < -0.4 is 0 Å². The molecule has 0 unspecified atom stereocenters. The van der Waals surface area contributed by atoms with Crippen LogP contribution in [0.2, 0.25) is 0 Å². The molecule has 0 atom stereocenters. The summed E-state index contributed by atoms with van der Waals surface area (Å²) in [5.41, 5.74) is 2.12. The van der Waals surface area contributed by atoms with Gasteiger partial charge in [-0.1, -0.05) is 22.9 Å². The number of hydrogen-bond donors (Lipinski definition) is 0. The third-order valence-corrected chi connectivity index (χ3v) is 4.85. The van der Waals surface area contributed by atoms with Crippen molar-refractivity contribution in [3.8, 4) is 11.5 Å². The molecule has 0 radical (unpaired) electrons. The summed E-state index contributed by atoms with van der Waals surface area (Å²) in [6.07, 6.45) is 6.50. The molecule has 3 heterocycles. The highest BCUT2D eigenvalue weighted by atomic mass is 16.5. The second kappa shape index (κ2) is 7.61. The Morgan fingerprint density at radius 1 is 1.19 bits per heavy atom. The fourth-order valence-corrected chi connectivity index (χ4v) is 3.22. The van der Waals surface area contributed by atoms with Crippen LogP contribution in [0, 0.1) is 6.92 Å². The van der Waals surface area contributed by atoms with Gasteiger partial charge in [-0.05, 0) is 50.1 Å². The number of aryl methyl sites for hydroxylation is 1. The average Bonchev–Trinajstić information content (AvgIpc) is 3.39. The van der Waals surface area contributed by atoms with Crippen molar-refractivity contribution in [1.82, 2.24) is 15.0 Å². The maximum absolute atomic E-state index is 12.3. The van der Waals surface area contributed by atoms with Crippen molar-refractivity contribution in [2.45, 2.75) is 25.7 Å². The Morgan fingerprint density at radius 2 is 1.96 bits per heavy atom. The van der Waals surface area contributed by atoms with E-state index in [1.54, 1.807) is 24.5 Å². The molecule has 1 aromatic carbocycles. The number of carbonyl (C=O) groups is 1. The third-order valence-electron chi connectivity index (χ3n) is 4.85. The molecule has 0 aliphatic carbocycles. The van der Waals surface area contributed by atoms with Crippen LogP contribution in [0.1, 0.15) is 35.9 Å². The van der Waals surface area contributed by atoms with Gasteiger partial charge in [0.1, 0.15) is 5.76 Å². The zero-order valence-electron chi connectivity index (χ0n) is 15.2. The molecule has 27 heavy (non-hydrogen) atoms. The summed E-state index contributed by atoms with van der Waals surface area (Å²) in [4.78, 5) is 18.7. The summed E-state index contributed by atoms with van der Waals surface area (Å²) in [5, 5.41) is 4.16. The zero-order chi connectivity index (χ0) is 18.6. The average molecular weight is 363 g/mol. The Balaban J connectivity index is 1.35. The number of benzene rings is 1. The fraction of sp³-hybridized carbons (Fsp3) is 0.286.